The largest absolute Gasteiger partial charge is 0.354 e. The number of aromatic nitrogens is 1. The summed E-state index contributed by atoms with van der Waals surface area (Å²) in [5, 5.41) is 1.44. The van der Waals surface area contributed by atoms with Gasteiger partial charge < -0.3 is 10.7 Å². The summed E-state index contributed by atoms with van der Waals surface area (Å²) in [6.07, 6.45) is 0. The van der Waals surface area contributed by atoms with Gasteiger partial charge in [-0.05, 0) is 42.7 Å². The van der Waals surface area contributed by atoms with Gasteiger partial charge in [-0.2, -0.15) is 0 Å². The average molecular weight is 252 g/mol. The van der Waals surface area contributed by atoms with Gasteiger partial charge >= 0.3 is 0 Å². The number of benzene rings is 2. The molecule has 1 heterocycles. The lowest BCUT2D eigenvalue weighted by molar-refractivity contribution is 1.08. The molecule has 0 saturated carbocycles. The van der Waals surface area contributed by atoms with E-state index in [9.17, 15) is 4.79 Å². The first-order valence-corrected chi connectivity index (χ1v) is 6.36. The van der Waals surface area contributed by atoms with Gasteiger partial charge in [0.15, 0.2) is 5.43 Å². The maximum absolute atomic E-state index is 12.7. The highest BCUT2D eigenvalue weighted by Crippen LogP contribution is 2.21. The number of fused-ring (bicyclic) bond motifs is 2. The predicted molar refractivity (Wildman–Crippen MR) is 79.4 cm³/mol. The Bertz CT molecular complexity index is 847. The highest BCUT2D eigenvalue weighted by Gasteiger charge is 2.10. The molecule has 3 nitrogen and oxygen atoms in total. The zero-order valence-corrected chi connectivity index (χ0v) is 11.1. The Balaban J connectivity index is 2.62. The molecule has 0 spiro atoms. The van der Waals surface area contributed by atoms with Crippen molar-refractivity contribution in [2.45, 2.75) is 20.4 Å². The van der Waals surface area contributed by atoms with E-state index in [4.69, 9.17) is 5.73 Å². The number of aryl methyl sites for hydroxylation is 2. The Kier molecular flexibility index (Phi) is 2.64. The van der Waals surface area contributed by atoms with Crippen LogP contribution in [0.4, 0.5) is 0 Å². The molecule has 96 valence electrons. The summed E-state index contributed by atoms with van der Waals surface area (Å²) in [6.45, 7) is 4.39. The highest BCUT2D eigenvalue weighted by molar-refractivity contribution is 5.95. The molecule has 3 N–H and O–H groups in total. The number of hydrogen-bond acceptors (Lipinski definition) is 2. The van der Waals surface area contributed by atoms with E-state index in [-0.39, 0.29) is 5.43 Å². The van der Waals surface area contributed by atoms with Crippen LogP contribution in [0.25, 0.3) is 21.8 Å². The van der Waals surface area contributed by atoms with E-state index in [1.54, 1.807) is 0 Å². The van der Waals surface area contributed by atoms with Crippen molar-refractivity contribution in [2.75, 3.05) is 0 Å². The number of pyridine rings is 1. The van der Waals surface area contributed by atoms with Crippen molar-refractivity contribution < 1.29 is 0 Å². The summed E-state index contributed by atoms with van der Waals surface area (Å²) in [6, 6.07) is 9.76. The van der Waals surface area contributed by atoms with Crippen molar-refractivity contribution in [3.05, 3.63) is 57.2 Å². The van der Waals surface area contributed by atoms with Gasteiger partial charge in [0.25, 0.3) is 0 Å². The Hall–Kier alpha value is -2.13. The van der Waals surface area contributed by atoms with Crippen LogP contribution < -0.4 is 11.2 Å². The normalized spacial score (nSPS) is 11.3. The smallest absolute Gasteiger partial charge is 0.197 e. The number of rotatable bonds is 1. The summed E-state index contributed by atoms with van der Waals surface area (Å²) >= 11 is 0. The van der Waals surface area contributed by atoms with Crippen molar-refractivity contribution in [3.63, 3.8) is 0 Å². The summed E-state index contributed by atoms with van der Waals surface area (Å²) in [5.74, 6) is 0. The van der Waals surface area contributed by atoms with Crippen LogP contribution in [0.1, 0.15) is 16.7 Å². The van der Waals surface area contributed by atoms with Gasteiger partial charge in [-0.3, -0.25) is 4.79 Å². The SMILES string of the molecule is Cc1cc(CN)c2c(=O)c3cccc(C)c3[nH]c2c1. The third-order valence-electron chi connectivity index (χ3n) is 3.59. The van der Waals surface area contributed by atoms with Crippen LogP contribution in [0.3, 0.4) is 0 Å². The second kappa shape index (κ2) is 4.21. The van der Waals surface area contributed by atoms with Crippen molar-refractivity contribution in [1.29, 1.82) is 0 Å². The molecule has 0 bridgehead atoms. The van der Waals surface area contributed by atoms with Gasteiger partial charge in [0.05, 0.1) is 16.4 Å². The molecule has 0 fully saturated rings. The van der Waals surface area contributed by atoms with Crippen molar-refractivity contribution in [2.24, 2.45) is 5.73 Å². The number of nitrogens with one attached hydrogen (secondary N) is 1. The van der Waals surface area contributed by atoms with Crippen molar-refractivity contribution in [1.82, 2.24) is 4.98 Å². The lowest BCUT2D eigenvalue weighted by atomic mass is 10.0. The molecule has 2 aromatic carbocycles. The lowest BCUT2D eigenvalue weighted by Gasteiger charge is -2.09. The molecule has 0 radical (unpaired) electrons. The Morgan fingerprint density at radius 3 is 2.74 bits per heavy atom. The summed E-state index contributed by atoms with van der Waals surface area (Å²) < 4.78 is 0. The zero-order valence-electron chi connectivity index (χ0n) is 11.1. The maximum Gasteiger partial charge on any atom is 0.197 e. The quantitative estimate of drug-likeness (QED) is 0.654. The standard InChI is InChI=1S/C16H16N2O/c1-9-6-11(8-17)14-13(7-9)18-15-10(2)4-3-5-12(15)16(14)19/h3-7H,8,17H2,1-2H3,(H,18,19). The van der Waals surface area contributed by atoms with Crippen molar-refractivity contribution >= 4 is 21.8 Å². The first kappa shape index (κ1) is 11.9. The predicted octanol–water partition coefficient (Wildman–Crippen LogP) is 2.76. The molecule has 0 aliphatic heterocycles. The summed E-state index contributed by atoms with van der Waals surface area (Å²) in [4.78, 5) is 16.0. The molecule has 0 atom stereocenters. The van der Waals surface area contributed by atoms with E-state index in [0.717, 1.165) is 33.1 Å². The topological polar surface area (TPSA) is 58.9 Å². The van der Waals surface area contributed by atoms with E-state index in [0.29, 0.717) is 11.9 Å². The molecule has 3 heteroatoms. The van der Waals surface area contributed by atoms with E-state index in [2.05, 4.69) is 4.98 Å². The fourth-order valence-electron chi connectivity index (χ4n) is 2.68. The second-order valence-corrected chi connectivity index (χ2v) is 5.00. The molecular weight excluding hydrogens is 236 g/mol. The Morgan fingerprint density at radius 2 is 2.00 bits per heavy atom. The summed E-state index contributed by atoms with van der Waals surface area (Å²) in [7, 11) is 0. The fourth-order valence-corrected chi connectivity index (χ4v) is 2.68. The molecule has 0 aliphatic carbocycles. The third kappa shape index (κ3) is 1.74. The van der Waals surface area contributed by atoms with Crippen LogP contribution in [-0.4, -0.2) is 4.98 Å². The lowest BCUT2D eigenvalue weighted by Crippen LogP contribution is -2.10. The number of H-pyrrole nitrogens is 1. The third-order valence-corrected chi connectivity index (χ3v) is 3.59. The molecule has 3 aromatic rings. The molecule has 3 rings (SSSR count). The van der Waals surface area contributed by atoms with Gasteiger partial charge in [-0.15, -0.1) is 0 Å². The Labute approximate surface area is 111 Å². The number of nitrogens with two attached hydrogens (primary N) is 1. The van der Waals surface area contributed by atoms with Crippen LogP contribution in [-0.2, 0) is 6.54 Å². The minimum atomic E-state index is 0.0629. The summed E-state index contributed by atoms with van der Waals surface area (Å²) in [5.41, 5.74) is 10.7. The van der Waals surface area contributed by atoms with Gasteiger partial charge in [-0.1, -0.05) is 18.2 Å². The van der Waals surface area contributed by atoms with Crippen LogP contribution in [0.5, 0.6) is 0 Å². The van der Waals surface area contributed by atoms with E-state index in [1.165, 1.54) is 0 Å². The monoisotopic (exact) mass is 252 g/mol. The molecular formula is C16H16N2O. The van der Waals surface area contributed by atoms with Gasteiger partial charge in [0.2, 0.25) is 0 Å². The second-order valence-electron chi connectivity index (χ2n) is 5.00. The minimum absolute atomic E-state index is 0.0629. The van der Waals surface area contributed by atoms with Crippen LogP contribution in [0.15, 0.2) is 35.1 Å². The van der Waals surface area contributed by atoms with Crippen LogP contribution in [0, 0.1) is 13.8 Å². The maximum atomic E-state index is 12.7. The number of hydrogen-bond donors (Lipinski definition) is 2. The number of para-hydroxylation sites is 1. The molecule has 19 heavy (non-hydrogen) atoms. The average Bonchev–Trinajstić information content (AvgIpc) is 2.39. The first-order valence-electron chi connectivity index (χ1n) is 6.36. The van der Waals surface area contributed by atoms with Gasteiger partial charge in [0.1, 0.15) is 0 Å². The van der Waals surface area contributed by atoms with E-state index in [1.807, 2.05) is 44.2 Å². The zero-order chi connectivity index (χ0) is 13.6. The van der Waals surface area contributed by atoms with Crippen LogP contribution >= 0.6 is 0 Å². The molecule has 0 amide bonds. The minimum Gasteiger partial charge on any atom is -0.354 e. The molecule has 0 unspecified atom stereocenters. The molecule has 0 aliphatic rings. The van der Waals surface area contributed by atoms with Crippen molar-refractivity contribution in [3.8, 4) is 0 Å². The Morgan fingerprint density at radius 1 is 1.21 bits per heavy atom. The number of aromatic amines is 1. The van der Waals surface area contributed by atoms with Gasteiger partial charge in [-0.25, -0.2) is 0 Å². The van der Waals surface area contributed by atoms with E-state index >= 15 is 0 Å². The highest BCUT2D eigenvalue weighted by atomic mass is 16.1. The van der Waals surface area contributed by atoms with Gasteiger partial charge in [0, 0.05) is 11.9 Å². The fraction of sp³-hybridized carbons (Fsp3) is 0.188. The molecule has 1 aromatic heterocycles. The van der Waals surface area contributed by atoms with Crippen LogP contribution in [0.2, 0.25) is 0 Å². The molecule has 0 saturated heterocycles. The first-order chi connectivity index (χ1) is 9.11. The van der Waals surface area contributed by atoms with E-state index < -0.39 is 0 Å².